The van der Waals surface area contributed by atoms with E-state index in [1.807, 2.05) is 25.1 Å². The largest absolute Gasteiger partial charge is 0.456 e. The van der Waals surface area contributed by atoms with Crippen molar-refractivity contribution in [2.75, 3.05) is 0 Å². The lowest BCUT2D eigenvalue weighted by atomic mass is 10.1. The van der Waals surface area contributed by atoms with Crippen LogP contribution < -0.4 is 10.5 Å². The third-order valence-corrected chi connectivity index (χ3v) is 2.63. The molecule has 0 spiro atoms. The Morgan fingerprint density at radius 2 is 1.94 bits per heavy atom. The van der Waals surface area contributed by atoms with Crippen molar-refractivity contribution in [3.8, 4) is 11.5 Å². The summed E-state index contributed by atoms with van der Waals surface area (Å²) in [7, 11) is 0. The average Bonchev–Trinajstić information content (AvgIpc) is 2.32. The molecule has 2 rings (SSSR count). The lowest BCUT2D eigenvalue weighted by Crippen LogP contribution is -2.17. The van der Waals surface area contributed by atoms with Gasteiger partial charge in [0.1, 0.15) is 11.5 Å². The zero-order valence-electron chi connectivity index (χ0n) is 10.1. The van der Waals surface area contributed by atoms with Gasteiger partial charge in [-0.3, -0.25) is 4.98 Å². The van der Waals surface area contributed by atoms with Gasteiger partial charge in [0.05, 0.1) is 6.20 Å². The van der Waals surface area contributed by atoms with Gasteiger partial charge in [-0.15, -0.1) is 0 Å². The molecule has 2 N–H and O–H groups in total. The maximum Gasteiger partial charge on any atom is 0.145 e. The highest BCUT2D eigenvalue weighted by Crippen LogP contribution is 2.23. The smallest absolute Gasteiger partial charge is 0.145 e. The third kappa shape index (κ3) is 3.72. The van der Waals surface area contributed by atoms with Gasteiger partial charge in [0, 0.05) is 17.3 Å². The minimum atomic E-state index is 0.109. The van der Waals surface area contributed by atoms with E-state index in [9.17, 15) is 0 Å². The van der Waals surface area contributed by atoms with Crippen LogP contribution in [-0.2, 0) is 6.42 Å². The summed E-state index contributed by atoms with van der Waals surface area (Å²) in [6.45, 7) is 1.97. The van der Waals surface area contributed by atoms with Gasteiger partial charge in [-0.1, -0.05) is 11.6 Å². The fraction of sp³-hybridized carbons (Fsp3) is 0.214. The number of aromatic nitrogens is 1. The van der Waals surface area contributed by atoms with Crippen LogP contribution in [0.1, 0.15) is 12.5 Å². The van der Waals surface area contributed by atoms with Gasteiger partial charge in [0.15, 0.2) is 0 Å². The summed E-state index contributed by atoms with van der Waals surface area (Å²) >= 11 is 5.82. The summed E-state index contributed by atoms with van der Waals surface area (Å²) in [5.74, 6) is 1.44. The van der Waals surface area contributed by atoms with Gasteiger partial charge < -0.3 is 10.5 Å². The van der Waals surface area contributed by atoms with Crippen LogP contribution in [0, 0.1) is 0 Å². The Morgan fingerprint density at radius 3 is 2.61 bits per heavy atom. The summed E-state index contributed by atoms with van der Waals surface area (Å²) < 4.78 is 5.69. The van der Waals surface area contributed by atoms with Crippen molar-refractivity contribution in [1.29, 1.82) is 0 Å². The Hall–Kier alpha value is -1.58. The van der Waals surface area contributed by atoms with E-state index in [4.69, 9.17) is 22.1 Å². The van der Waals surface area contributed by atoms with Gasteiger partial charge in [-0.05, 0) is 49.2 Å². The molecule has 1 heterocycles. The van der Waals surface area contributed by atoms with E-state index >= 15 is 0 Å². The number of nitrogens with zero attached hydrogens (tertiary/aromatic N) is 1. The Balaban J connectivity index is 2.11. The van der Waals surface area contributed by atoms with Gasteiger partial charge in [0.25, 0.3) is 0 Å². The standard InChI is InChI=1S/C14H15ClN2O/c1-10(16)6-11-7-14(9-17-8-11)18-13-4-2-12(15)3-5-13/h2-5,7-10H,6,16H2,1H3. The monoisotopic (exact) mass is 262 g/mol. The molecule has 0 fully saturated rings. The van der Waals surface area contributed by atoms with Crippen molar-refractivity contribution in [2.45, 2.75) is 19.4 Å². The molecule has 0 aliphatic rings. The van der Waals surface area contributed by atoms with Crippen molar-refractivity contribution in [1.82, 2.24) is 4.98 Å². The molecule has 0 radical (unpaired) electrons. The van der Waals surface area contributed by atoms with Crippen LogP contribution in [0.3, 0.4) is 0 Å². The van der Waals surface area contributed by atoms with Gasteiger partial charge in [-0.2, -0.15) is 0 Å². The van der Waals surface area contributed by atoms with Crippen LogP contribution in [0.15, 0.2) is 42.7 Å². The number of halogens is 1. The van der Waals surface area contributed by atoms with Crippen LogP contribution >= 0.6 is 11.6 Å². The number of benzene rings is 1. The van der Waals surface area contributed by atoms with Crippen molar-refractivity contribution in [2.24, 2.45) is 5.73 Å². The number of pyridine rings is 1. The molecule has 3 nitrogen and oxygen atoms in total. The molecule has 0 aliphatic carbocycles. The fourth-order valence-electron chi connectivity index (χ4n) is 1.64. The lowest BCUT2D eigenvalue weighted by molar-refractivity contribution is 0.479. The van der Waals surface area contributed by atoms with Crippen LogP contribution in [0.5, 0.6) is 11.5 Å². The molecule has 0 bridgehead atoms. The van der Waals surface area contributed by atoms with E-state index in [0.29, 0.717) is 10.8 Å². The van der Waals surface area contributed by atoms with E-state index < -0.39 is 0 Å². The van der Waals surface area contributed by atoms with Crippen LogP contribution in [-0.4, -0.2) is 11.0 Å². The first-order chi connectivity index (χ1) is 8.63. The first-order valence-electron chi connectivity index (χ1n) is 5.76. The molecule has 0 saturated carbocycles. The lowest BCUT2D eigenvalue weighted by Gasteiger charge is -2.08. The summed E-state index contributed by atoms with van der Waals surface area (Å²) in [6, 6.07) is 9.27. The average molecular weight is 263 g/mol. The molecule has 18 heavy (non-hydrogen) atoms. The zero-order valence-corrected chi connectivity index (χ0v) is 10.9. The molecule has 1 aromatic carbocycles. The fourth-order valence-corrected chi connectivity index (χ4v) is 1.77. The topological polar surface area (TPSA) is 48.1 Å². The Labute approximate surface area is 112 Å². The molecule has 0 aliphatic heterocycles. The minimum Gasteiger partial charge on any atom is -0.456 e. The van der Waals surface area contributed by atoms with Gasteiger partial charge in [0.2, 0.25) is 0 Å². The molecule has 1 aromatic heterocycles. The highest BCUT2D eigenvalue weighted by atomic mass is 35.5. The predicted octanol–water partition coefficient (Wildman–Crippen LogP) is 3.42. The van der Waals surface area contributed by atoms with Crippen LogP contribution in [0.25, 0.3) is 0 Å². The SMILES string of the molecule is CC(N)Cc1cncc(Oc2ccc(Cl)cc2)c1. The van der Waals surface area contributed by atoms with Crippen molar-refractivity contribution in [3.05, 3.63) is 53.3 Å². The van der Waals surface area contributed by atoms with E-state index in [-0.39, 0.29) is 6.04 Å². The highest BCUT2D eigenvalue weighted by molar-refractivity contribution is 6.30. The van der Waals surface area contributed by atoms with Crippen molar-refractivity contribution in [3.63, 3.8) is 0 Å². The zero-order chi connectivity index (χ0) is 13.0. The molecular weight excluding hydrogens is 248 g/mol. The van der Waals surface area contributed by atoms with E-state index in [0.717, 1.165) is 17.7 Å². The van der Waals surface area contributed by atoms with Crippen molar-refractivity contribution >= 4 is 11.6 Å². The highest BCUT2D eigenvalue weighted by Gasteiger charge is 2.02. The van der Waals surface area contributed by atoms with E-state index in [1.54, 1.807) is 24.5 Å². The molecule has 4 heteroatoms. The second-order valence-electron chi connectivity index (χ2n) is 4.27. The predicted molar refractivity (Wildman–Crippen MR) is 73.1 cm³/mol. The Morgan fingerprint density at radius 1 is 1.22 bits per heavy atom. The number of hydrogen-bond donors (Lipinski definition) is 1. The molecular formula is C14H15ClN2O. The third-order valence-electron chi connectivity index (χ3n) is 2.38. The Bertz CT molecular complexity index is 511. The maximum atomic E-state index is 5.82. The number of rotatable bonds is 4. The first-order valence-corrected chi connectivity index (χ1v) is 6.14. The maximum absolute atomic E-state index is 5.82. The quantitative estimate of drug-likeness (QED) is 0.918. The molecule has 0 amide bonds. The van der Waals surface area contributed by atoms with Gasteiger partial charge in [-0.25, -0.2) is 0 Å². The summed E-state index contributed by atoms with van der Waals surface area (Å²) in [4.78, 5) is 4.14. The molecule has 1 atom stereocenters. The van der Waals surface area contributed by atoms with E-state index in [2.05, 4.69) is 4.98 Å². The summed E-state index contributed by atoms with van der Waals surface area (Å²) in [5, 5.41) is 0.686. The summed E-state index contributed by atoms with van der Waals surface area (Å²) in [6.07, 6.45) is 4.27. The van der Waals surface area contributed by atoms with Gasteiger partial charge >= 0.3 is 0 Å². The van der Waals surface area contributed by atoms with Crippen LogP contribution in [0.2, 0.25) is 5.02 Å². The Kier molecular flexibility index (Phi) is 4.18. The second kappa shape index (κ2) is 5.85. The second-order valence-corrected chi connectivity index (χ2v) is 4.70. The molecule has 0 saturated heterocycles. The number of nitrogens with two attached hydrogens (primary N) is 1. The summed E-state index contributed by atoms with van der Waals surface area (Å²) in [5.41, 5.74) is 6.83. The normalized spacial score (nSPS) is 12.2. The van der Waals surface area contributed by atoms with Crippen molar-refractivity contribution < 1.29 is 4.74 Å². The minimum absolute atomic E-state index is 0.109. The molecule has 94 valence electrons. The van der Waals surface area contributed by atoms with E-state index in [1.165, 1.54) is 0 Å². The molecule has 2 aromatic rings. The van der Waals surface area contributed by atoms with Crippen LogP contribution in [0.4, 0.5) is 0 Å². The number of hydrogen-bond acceptors (Lipinski definition) is 3. The number of ether oxygens (including phenoxy) is 1. The molecule has 1 unspecified atom stereocenters. The first kappa shape index (κ1) is 12.9.